The van der Waals surface area contributed by atoms with Gasteiger partial charge in [0.15, 0.2) is 0 Å². The number of carbonyl (C=O) groups excluding carboxylic acids is 2. The summed E-state index contributed by atoms with van der Waals surface area (Å²) in [5.41, 5.74) is -1.13. The van der Waals surface area contributed by atoms with Crippen molar-refractivity contribution in [1.29, 1.82) is 0 Å². The van der Waals surface area contributed by atoms with Crippen molar-refractivity contribution in [1.82, 2.24) is 4.90 Å². The van der Waals surface area contributed by atoms with Crippen LogP contribution >= 0.6 is 23.2 Å². The van der Waals surface area contributed by atoms with Crippen LogP contribution in [0.4, 0.5) is 4.79 Å². The summed E-state index contributed by atoms with van der Waals surface area (Å²) in [7, 11) is 0. The lowest BCUT2D eigenvalue weighted by Gasteiger charge is -2.25. The fourth-order valence-corrected chi connectivity index (χ4v) is 1.53. The number of hydrogen-bond donors (Lipinski definition) is 0. The number of rotatable bonds is 2. The summed E-state index contributed by atoms with van der Waals surface area (Å²) in [5, 5.41) is 2.72. The van der Waals surface area contributed by atoms with Crippen LogP contribution in [0.1, 0.15) is 19.3 Å². The molecule has 0 saturated carbocycles. The maximum atomic E-state index is 11.5. The second-order valence-corrected chi connectivity index (χ2v) is 3.73. The van der Waals surface area contributed by atoms with Gasteiger partial charge in [-0.2, -0.15) is 0 Å². The van der Waals surface area contributed by atoms with Crippen LogP contribution in [0, 0.1) is 0 Å². The van der Waals surface area contributed by atoms with E-state index in [2.05, 4.69) is 9.99 Å². The number of hydrogen-bond acceptors (Lipinski definition) is 4. The maximum absolute atomic E-state index is 11.5. The maximum Gasteiger partial charge on any atom is 0.429 e. The van der Waals surface area contributed by atoms with Crippen molar-refractivity contribution in [2.75, 3.05) is 13.1 Å². The largest absolute Gasteiger partial charge is 0.429 e. The summed E-state index contributed by atoms with van der Waals surface area (Å²) in [6, 6.07) is 0. The highest BCUT2D eigenvalue weighted by Crippen LogP contribution is 2.10. The van der Waals surface area contributed by atoms with Crippen LogP contribution in [0.5, 0.6) is 0 Å². The molecule has 0 unspecified atom stereocenters. The molecular formula is C8H10Cl2N2O3. The van der Waals surface area contributed by atoms with Crippen molar-refractivity contribution in [3.8, 4) is 0 Å². The van der Waals surface area contributed by atoms with Crippen LogP contribution in [0.2, 0.25) is 0 Å². The van der Waals surface area contributed by atoms with E-state index < -0.39 is 11.3 Å². The molecule has 1 fully saturated rings. The number of likely N-dealkylation sites (tertiary alicyclic amines) is 1. The van der Waals surface area contributed by atoms with E-state index in [1.54, 1.807) is 4.90 Å². The quantitative estimate of drug-likeness (QED) is 0.327. The minimum absolute atomic E-state index is 0.383. The highest BCUT2D eigenvalue weighted by atomic mass is 35.5. The van der Waals surface area contributed by atoms with Gasteiger partial charge in [0.25, 0.3) is 5.91 Å². The first kappa shape index (κ1) is 12.3. The van der Waals surface area contributed by atoms with Gasteiger partial charge < -0.3 is 9.74 Å². The molecule has 1 aliphatic rings. The lowest BCUT2D eigenvalue weighted by molar-refractivity contribution is -0.124. The summed E-state index contributed by atoms with van der Waals surface area (Å²) in [4.78, 5) is 27.4. The smallest absolute Gasteiger partial charge is 0.336 e. The molecule has 0 aromatic carbocycles. The Bertz CT molecular complexity index is 288. The van der Waals surface area contributed by atoms with Gasteiger partial charge in [-0.15, -0.1) is 0 Å². The molecule has 1 amide bonds. The van der Waals surface area contributed by atoms with Gasteiger partial charge in [0.1, 0.15) is 0 Å². The molecule has 0 aliphatic carbocycles. The Balaban J connectivity index is 2.50. The van der Waals surface area contributed by atoms with Gasteiger partial charge in [-0.3, -0.25) is 4.79 Å². The zero-order chi connectivity index (χ0) is 11.3. The second kappa shape index (κ2) is 5.92. The molecule has 0 bridgehead atoms. The Morgan fingerprint density at radius 3 is 2.27 bits per heavy atom. The van der Waals surface area contributed by atoms with E-state index in [0.717, 1.165) is 19.3 Å². The molecule has 1 aliphatic heterocycles. The van der Waals surface area contributed by atoms with Crippen LogP contribution in [-0.4, -0.2) is 34.5 Å². The fourth-order valence-electron chi connectivity index (χ4n) is 1.34. The van der Waals surface area contributed by atoms with E-state index in [9.17, 15) is 9.59 Å². The topological polar surface area (TPSA) is 59.0 Å². The summed E-state index contributed by atoms with van der Waals surface area (Å²) in [6.45, 7) is 1.30. The van der Waals surface area contributed by atoms with Crippen LogP contribution in [0.15, 0.2) is 5.16 Å². The lowest BCUT2D eigenvalue weighted by Crippen LogP contribution is -2.38. The average Bonchev–Trinajstić information content (AvgIpc) is 2.26. The van der Waals surface area contributed by atoms with Crippen molar-refractivity contribution in [2.24, 2.45) is 5.16 Å². The normalized spacial score (nSPS) is 17.5. The highest BCUT2D eigenvalue weighted by Gasteiger charge is 2.20. The molecule has 15 heavy (non-hydrogen) atoms. The molecule has 0 atom stereocenters. The van der Waals surface area contributed by atoms with E-state index in [1.165, 1.54) is 0 Å². The summed E-state index contributed by atoms with van der Waals surface area (Å²) >= 11 is 10.4. The van der Waals surface area contributed by atoms with Crippen LogP contribution in [-0.2, 0) is 9.63 Å². The molecule has 1 saturated heterocycles. The van der Waals surface area contributed by atoms with E-state index in [1.807, 2.05) is 0 Å². The summed E-state index contributed by atoms with van der Waals surface area (Å²) in [6.07, 6.45) is 3.01. The Morgan fingerprint density at radius 1 is 1.13 bits per heavy atom. The van der Waals surface area contributed by atoms with E-state index >= 15 is 0 Å². The highest BCUT2D eigenvalue weighted by molar-refractivity contribution is 6.82. The number of halogens is 2. The SMILES string of the molecule is O=C(Cl)O/N=C(\Cl)C(=O)N1CCCCC1. The molecular weight excluding hydrogens is 243 g/mol. The third-order valence-corrected chi connectivity index (χ3v) is 2.32. The number of amides is 1. The van der Waals surface area contributed by atoms with Gasteiger partial charge in [-0.05, 0) is 19.3 Å². The predicted octanol–water partition coefficient (Wildman–Crippen LogP) is 1.93. The molecule has 1 rings (SSSR count). The van der Waals surface area contributed by atoms with Crippen molar-refractivity contribution in [2.45, 2.75) is 19.3 Å². The van der Waals surface area contributed by atoms with E-state index in [0.29, 0.717) is 13.1 Å². The molecule has 0 spiro atoms. The van der Waals surface area contributed by atoms with E-state index in [-0.39, 0.29) is 5.17 Å². The lowest BCUT2D eigenvalue weighted by atomic mass is 10.1. The van der Waals surface area contributed by atoms with Gasteiger partial charge in [-0.1, -0.05) is 16.8 Å². The van der Waals surface area contributed by atoms with E-state index in [4.69, 9.17) is 23.2 Å². The number of oxime groups is 1. The first-order valence-electron chi connectivity index (χ1n) is 4.50. The standard InChI is InChI=1S/C8H10Cl2N2O3/c9-6(11-15-8(10)14)7(13)12-4-2-1-3-5-12/h1-5H2/b11-6-. The van der Waals surface area contributed by atoms with Crippen molar-refractivity contribution < 1.29 is 14.4 Å². The number of nitrogens with zero attached hydrogens (tertiary/aromatic N) is 2. The minimum atomic E-state index is -1.13. The molecule has 0 radical (unpaired) electrons. The average molecular weight is 253 g/mol. The van der Waals surface area contributed by atoms with Gasteiger partial charge in [0, 0.05) is 24.7 Å². The van der Waals surface area contributed by atoms with Gasteiger partial charge in [-0.25, -0.2) is 4.79 Å². The summed E-state index contributed by atoms with van der Waals surface area (Å²) < 4.78 is 0. The third-order valence-electron chi connectivity index (χ3n) is 2.02. The minimum Gasteiger partial charge on any atom is -0.336 e. The second-order valence-electron chi connectivity index (χ2n) is 3.06. The molecule has 0 N–H and O–H groups in total. The molecule has 7 heteroatoms. The van der Waals surface area contributed by atoms with Gasteiger partial charge in [0.2, 0.25) is 5.17 Å². The summed E-state index contributed by atoms with van der Waals surface area (Å²) in [5.74, 6) is -0.436. The number of piperidine rings is 1. The zero-order valence-corrected chi connectivity index (χ0v) is 9.42. The number of carbonyl (C=O) groups is 2. The zero-order valence-electron chi connectivity index (χ0n) is 7.91. The van der Waals surface area contributed by atoms with Crippen LogP contribution in [0.3, 0.4) is 0 Å². The van der Waals surface area contributed by atoms with Crippen LogP contribution < -0.4 is 0 Å². The Morgan fingerprint density at radius 2 is 1.73 bits per heavy atom. The Kier molecular flexibility index (Phi) is 4.84. The predicted molar refractivity (Wildman–Crippen MR) is 56.1 cm³/mol. The molecule has 5 nitrogen and oxygen atoms in total. The first-order chi connectivity index (χ1) is 7.11. The Labute approximate surface area is 96.9 Å². The van der Waals surface area contributed by atoms with Crippen molar-refractivity contribution in [3.63, 3.8) is 0 Å². The first-order valence-corrected chi connectivity index (χ1v) is 5.26. The molecule has 0 aromatic rings. The van der Waals surface area contributed by atoms with Gasteiger partial charge in [0.05, 0.1) is 0 Å². The third kappa shape index (κ3) is 4.05. The van der Waals surface area contributed by atoms with Gasteiger partial charge >= 0.3 is 5.43 Å². The monoisotopic (exact) mass is 252 g/mol. The fraction of sp³-hybridized carbons (Fsp3) is 0.625. The molecule has 84 valence electrons. The van der Waals surface area contributed by atoms with Crippen molar-refractivity contribution >= 4 is 39.7 Å². The van der Waals surface area contributed by atoms with Crippen LogP contribution in [0.25, 0.3) is 0 Å². The molecule has 0 aromatic heterocycles. The molecule has 1 heterocycles. The Hall–Kier alpha value is -0.810. The van der Waals surface area contributed by atoms with Crippen molar-refractivity contribution in [3.05, 3.63) is 0 Å².